The van der Waals surface area contributed by atoms with Crippen molar-refractivity contribution >= 4 is 39.8 Å². The number of carbonyl (C=O) groups excluding carboxylic acids is 2. The molecular formula is C43H53F3N10O4. The minimum Gasteiger partial charge on any atom is -0.378 e. The molecule has 60 heavy (non-hydrogen) atoms. The van der Waals surface area contributed by atoms with Gasteiger partial charge in [-0.2, -0.15) is 18.2 Å². The summed E-state index contributed by atoms with van der Waals surface area (Å²) in [4.78, 5) is 56.6. The fourth-order valence-corrected chi connectivity index (χ4v) is 8.82. The van der Waals surface area contributed by atoms with Crippen molar-refractivity contribution in [2.75, 3.05) is 57.7 Å². The number of aromatic amines is 1. The Labute approximate surface area is 346 Å². The number of carbonyl (C=O) groups is 2. The highest BCUT2D eigenvalue weighted by Crippen LogP contribution is 2.30. The van der Waals surface area contributed by atoms with Crippen LogP contribution in [0.4, 0.5) is 19.1 Å². The number of aromatic nitrogens is 5. The first kappa shape index (κ1) is 41.6. The second-order valence-corrected chi connectivity index (χ2v) is 16.5. The summed E-state index contributed by atoms with van der Waals surface area (Å²) < 4.78 is 47.6. The van der Waals surface area contributed by atoms with Gasteiger partial charge in [0.15, 0.2) is 0 Å². The molecule has 5 aromatic rings. The second-order valence-electron chi connectivity index (χ2n) is 16.5. The van der Waals surface area contributed by atoms with E-state index in [-0.39, 0.29) is 30.1 Å². The molecule has 2 amide bonds. The van der Waals surface area contributed by atoms with Crippen molar-refractivity contribution < 1.29 is 27.5 Å². The van der Waals surface area contributed by atoms with Crippen molar-refractivity contribution in [3.05, 3.63) is 76.5 Å². The van der Waals surface area contributed by atoms with Crippen LogP contribution in [0.25, 0.3) is 33.2 Å². The summed E-state index contributed by atoms with van der Waals surface area (Å²) in [5.41, 5.74) is 6.11. The van der Waals surface area contributed by atoms with Crippen molar-refractivity contribution in [2.45, 2.75) is 82.9 Å². The fourth-order valence-electron chi connectivity index (χ4n) is 8.82. The Morgan fingerprint density at radius 2 is 1.60 bits per heavy atom. The number of likely N-dealkylation sites (tertiary alicyclic amines) is 1. The molecule has 3 N–H and O–H groups in total. The van der Waals surface area contributed by atoms with Crippen LogP contribution >= 0.6 is 0 Å². The maximum Gasteiger partial charge on any atom is 0.391 e. The Kier molecular flexibility index (Phi) is 12.4. The molecule has 2 atom stereocenters. The van der Waals surface area contributed by atoms with Crippen molar-refractivity contribution in [1.29, 1.82) is 0 Å². The quantitative estimate of drug-likeness (QED) is 0.101. The highest BCUT2D eigenvalue weighted by Gasteiger charge is 2.32. The number of ether oxygens (including phenoxy) is 1. The average Bonchev–Trinajstić information content (AvgIpc) is 3.74. The fraction of sp³-hybridized carbons (Fsp3) is 0.512. The summed E-state index contributed by atoms with van der Waals surface area (Å²) in [6, 6.07) is 12.9. The molecule has 1 unspecified atom stereocenters. The Hall–Kier alpha value is -5.10. The van der Waals surface area contributed by atoms with Crippen LogP contribution < -0.4 is 16.3 Å². The summed E-state index contributed by atoms with van der Waals surface area (Å²) >= 11 is 0. The van der Waals surface area contributed by atoms with E-state index in [1.807, 2.05) is 24.4 Å². The smallest absolute Gasteiger partial charge is 0.378 e. The van der Waals surface area contributed by atoms with Crippen LogP contribution in [0.2, 0.25) is 0 Å². The van der Waals surface area contributed by atoms with E-state index < -0.39 is 30.6 Å². The zero-order chi connectivity index (χ0) is 42.0. The molecular weight excluding hydrogens is 778 g/mol. The van der Waals surface area contributed by atoms with Gasteiger partial charge in [0.25, 0.3) is 0 Å². The van der Waals surface area contributed by atoms with Gasteiger partial charge < -0.3 is 19.9 Å². The molecule has 3 aliphatic heterocycles. The molecule has 6 heterocycles. The largest absolute Gasteiger partial charge is 0.391 e. The van der Waals surface area contributed by atoms with Crippen LogP contribution in [0, 0.1) is 0 Å². The number of nitrogens with zero attached hydrogens (tertiary/aromatic N) is 7. The van der Waals surface area contributed by atoms with Crippen LogP contribution in [0.15, 0.2) is 59.7 Å². The zero-order valence-corrected chi connectivity index (χ0v) is 34.1. The molecule has 17 heteroatoms. The minimum absolute atomic E-state index is 0.161. The van der Waals surface area contributed by atoms with E-state index in [1.165, 1.54) is 17.1 Å². The Morgan fingerprint density at radius 1 is 0.900 bits per heavy atom. The predicted octanol–water partition coefficient (Wildman–Crippen LogP) is 5.20. The second kappa shape index (κ2) is 17.9. The molecule has 0 aliphatic carbocycles. The van der Waals surface area contributed by atoms with E-state index in [2.05, 4.69) is 64.6 Å². The molecule has 8 rings (SSSR count). The van der Waals surface area contributed by atoms with Gasteiger partial charge in [0.05, 0.1) is 23.6 Å². The van der Waals surface area contributed by atoms with Crippen LogP contribution in [0.5, 0.6) is 0 Å². The van der Waals surface area contributed by atoms with Crippen molar-refractivity contribution in [2.24, 2.45) is 7.05 Å². The molecule has 3 aromatic heterocycles. The number of benzene rings is 2. The first-order valence-electron chi connectivity index (χ1n) is 21.0. The van der Waals surface area contributed by atoms with E-state index >= 15 is 0 Å². The third-order valence-corrected chi connectivity index (χ3v) is 12.1. The molecule has 0 bridgehead atoms. The third kappa shape index (κ3) is 9.75. The van der Waals surface area contributed by atoms with Gasteiger partial charge in [0.1, 0.15) is 11.7 Å². The lowest BCUT2D eigenvalue weighted by Gasteiger charge is -2.35. The highest BCUT2D eigenvalue weighted by atomic mass is 19.4. The van der Waals surface area contributed by atoms with E-state index in [4.69, 9.17) is 4.74 Å². The summed E-state index contributed by atoms with van der Waals surface area (Å²) in [6.07, 6.45) is 2.05. The summed E-state index contributed by atoms with van der Waals surface area (Å²) in [7, 11) is 1.73. The monoisotopic (exact) mass is 830 g/mol. The average molecular weight is 831 g/mol. The molecule has 0 saturated carbocycles. The maximum absolute atomic E-state index is 13.1. The standard InChI is InChI=1S/C43H53F3N10O4/c1-28(23-43(44,45)46)49-41-48-25-34-33(24-47-39(34)51-41)31-7-4-29(5-8-31)26-55-19-17-53(18-20-55)14-3-21-60-32-12-15-54(16-13-32)27-30-6-9-35-37(22-30)52(2)42(59)56(35)36-10-11-38(57)50-40(36)58/h4-9,22,24-25,28,32,36H,3,10-21,23,26-27H2,1-2H3,(H,50,57,58)(H2,47,48,49,51)/t28-,36?/m1/s1. The maximum atomic E-state index is 13.1. The van der Waals surface area contributed by atoms with E-state index in [9.17, 15) is 27.6 Å². The van der Waals surface area contributed by atoms with Crippen LogP contribution in [0.3, 0.4) is 0 Å². The summed E-state index contributed by atoms with van der Waals surface area (Å²) in [5.74, 6) is -0.565. The number of hydrogen-bond acceptors (Lipinski definition) is 10. The summed E-state index contributed by atoms with van der Waals surface area (Å²) in [5, 5.41) is 5.91. The van der Waals surface area contributed by atoms with E-state index in [0.717, 1.165) is 112 Å². The number of halogens is 3. The number of hydrogen-bond donors (Lipinski definition) is 3. The number of alkyl halides is 3. The highest BCUT2D eigenvalue weighted by molar-refractivity contribution is 6.00. The Bertz CT molecular complexity index is 2360. The van der Waals surface area contributed by atoms with Crippen LogP contribution in [0.1, 0.15) is 62.6 Å². The van der Waals surface area contributed by atoms with Gasteiger partial charge in [-0.3, -0.25) is 33.8 Å². The van der Waals surface area contributed by atoms with E-state index in [0.29, 0.717) is 17.6 Å². The van der Waals surface area contributed by atoms with Crippen molar-refractivity contribution in [3.63, 3.8) is 0 Å². The van der Waals surface area contributed by atoms with Crippen molar-refractivity contribution in [1.82, 2.24) is 44.1 Å². The Morgan fingerprint density at radius 3 is 2.33 bits per heavy atom. The van der Waals surface area contributed by atoms with Gasteiger partial charge in [0.2, 0.25) is 17.8 Å². The first-order valence-corrected chi connectivity index (χ1v) is 21.0. The Balaban J connectivity index is 0.725. The number of amides is 2. The topological polar surface area (TPSA) is 146 Å². The first-order chi connectivity index (χ1) is 28.9. The van der Waals surface area contributed by atoms with Gasteiger partial charge in [0, 0.05) is 108 Å². The van der Waals surface area contributed by atoms with Crippen molar-refractivity contribution in [3.8, 4) is 11.1 Å². The SMILES string of the molecule is C[C@H](CC(F)(F)F)Nc1ncc2c(-c3ccc(CN4CCN(CCCOC5CCN(Cc6ccc7c(c6)n(C)c(=O)n7C6CCC(=O)NC6=O)CC5)CC4)cc3)c[nH]c2n1. The molecule has 3 fully saturated rings. The van der Waals surface area contributed by atoms with Crippen LogP contribution in [-0.2, 0) is 34.5 Å². The molecule has 0 radical (unpaired) electrons. The van der Waals surface area contributed by atoms with Gasteiger partial charge in [-0.1, -0.05) is 30.3 Å². The number of piperazine rings is 1. The molecule has 0 spiro atoms. The number of imide groups is 1. The van der Waals surface area contributed by atoms with E-state index in [1.54, 1.807) is 17.8 Å². The predicted molar refractivity (Wildman–Crippen MR) is 222 cm³/mol. The lowest BCUT2D eigenvalue weighted by Crippen LogP contribution is -2.46. The lowest BCUT2D eigenvalue weighted by atomic mass is 10.0. The number of piperidine rings is 2. The summed E-state index contributed by atoms with van der Waals surface area (Å²) in [6.45, 7) is 10.9. The minimum atomic E-state index is -4.26. The number of H-pyrrole nitrogens is 1. The molecule has 3 aliphatic rings. The zero-order valence-electron chi connectivity index (χ0n) is 34.1. The van der Waals surface area contributed by atoms with Gasteiger partial charge in [-0.05, 0) is 61.4 Å². The van der Waals surface area contributed by atoms with Gasteiger partial charge >= 0.3 is 11.9 Å². The van der Waals surface area contributed by atoms with Crippen LogP contribution in [-0.4, -0.2) is 121 Å². The molecule has 3 saturated heterocycles. The number of rotatable bonds is 14. The lowest BCUT2D eigenvalue weighted by molar-refractivity contribution is -0.137. The molecule has 2 aromatic carbocycles. The number of aryl methyl sites for hydroxylation is 1. The number of nitrogens with one attached hydrogen (secondary N) is 3. The third-order valence-electron chi connectivity index (χ3n) is 12.1. The molecule has 320 valence electrons. The van der Waals surface area contributed by atoms with Gasteiger partial charge in [-0.15, -0.1) is 0 Å². The number of imidazole rings is 1. The number of anilines is 1. The van der Waals surface area contributed by atoms with Gasteiger partial charge in [-0.25, -0.2) is 9.78 Å². The molecule has 14 nitrogen and oxygen atoms in total. The normalized spacial score (nSPS) is 19.6. The number of fused-ring (bicyclic) bond motifs is 2.